The second-order valence-corrected chi connectivity index (χ2v) is 6.92. The van der Waals surface area contributed by atoms with Crippen molar-refractivity contribution in [3.8, 4) is 0 Å². The van der Waals surface area contributed by atoms with E-state index in [1.165, 1.54) is 0 Å². The minimum atomic E-state index is -0.643. The molecule has 0 aliphatic carbocycles. The number of likely N-dealkylation sites (tertiary alicyclic amines) is 1. The summed E-state index contributed by atoms with van der Waals surface area (Å²) in [7, 11) is 0. The third-order valence-corrected chi connectivity index (χ3v) is 5.35. The van der Waals surface area contributed by atoms with Gasteiger partial charge in [-0.3, -0.25) is 9.59 Å². The van der Waals surface area contributed by atoms with Crippen LogP contribution in [0.3, 0.4) is 0 Å². The predicted octanol–water partition coefficient (Wildman–Crippen LogP) is 0.901. The summed E-state index contributed by atoms with van der Waals surface area (Å²) in [4.78, 5) is 27.1. The largest absolute Gasteiger partial charge is 0.465 e. The van der Waals surface area contributed by atoms with Crippen molar-refractivity contribution in [3.05, 3.63) is 12.2 Å². The average Bonchev–Trinajstić information content (AvgIpc) is 3.28. The first-order chi connectivity index (χ1) is 11.1. The lowest BCUT2D eigenvalue weighted by molar-refractivity contribution is -0.154. The fraction of sp³-hybridized carbons (Fsp3) is 0.765. The van der Waals surface area contributed by atoms with E-state index in [1.54, 1.807) is 0 Å². The van der Waals surface area contributed by atoms with Crippen molar-refractivity contribution in [1.82, 2.24) is 4.90 Å². The van der Waals surface area contributed by atoms with Gasteiger partial charge in [0.25, 0.3) is 0 Å². The fourth-order valence-corrected chi connectivity index (χ4v) is 4.33. The van der Waals surface area contributed by atoms with E-state index in [9.17, 15) is 9.59 Å². The van der Waals surface area contributed by atoms with Crippen molar-refractivity contribution in [2.45, 2.75) is 44.0 Å². The summed E-state index contributed by atoms with van der Waals surface area (Å²) >= 11 is 0. The van der Waals surface area contributed by atoms with Gasteiger partial charge >= 0.3 is 5.97 Å². The second-order valence-electron chi connectivity index (χ2n) is 6.92. The minimum absolute atomic E-state index is 0.00537. The van der Waals surface area contributed by atoms with E-state index in [0.29, 0.717) is 19.7 Å². The lowest BCUT2D eigenvalue weighted by Gasteiger charge is -2.23. The van der Waals surface area contributed by atoms with Gasteiger partial charge < -0.3 is 19.1 Å². The molecule has 0 N–H and O–H groups in total. The highest BCUT2D eigenvalue weighted by atomic mass is 16.6. The first-order valence-electron chi connectivity index (χ1n) is 8.59. The van der Waals surface area contributed by atoms with Crippen molar-refractivity contribution >= 4 is 11.9 Å². The molecule has 1 unspecified atom stereocenters. The number of amides is 1. The molecule has 1 spiro atoms. The van der Waals surface area contributed by atoms with Gasteiger partial charge in [-0.05, 0) is 19.3 Å². The summed E-state index contributed by atoms with van der Waals surface area (Å²) in [5, 5.41) is 0. The molecule has 2 bridgehead atoms. The number of rotatable bonds is 5. The molecule has 0 aromatic heterocycles. The number of hydrogen-bond acceptors (Lipinski definition) is 5. The molecule has 23 heavy (non-hydrogen) atoms. The summed E-state index contributed by atoms with van der Waals surface area (Å²) < 4.78 is 17.0. The van der Waals surface area contributed by atoms with E-state index in [1.807, 2.05) is 24.0 Å². The molecular formula is C17H23NO5. The molecule has 4 heterocycles. The molecule has 4 aliphatic rings. The highest BCUT2D eigenvalue weighted by molar-refractivity contribution is 5.91. The Balaban J connectivity index is 1.52. The van der Waals surface area contributed by atoms with Gasteiger partial charge in [0.2, 0.25) is 5.91 Å². The molecule has 0 aromatic carbocycles. The molecular weight excluding hydrogens is 298 g/mol. The topological polar surface area (TPSA) is 65.1 Å². The first kappa shape index (κ1) is 15.1. The fourth-order valence-electron chi connectivity index (χ4n) is 4.33. The van der Waals surface area contributed by atoms with Gasteiger partial charge in [-0.1, -0.05) is 19.1 Å². The van der Waals surface area contributed by atoms with E-state index in [-0.39, 0.29) is 24.1 Å². The molecule has 6 nitrogen and oxygen atoms in total. The Morgan fingerprint density at radius 2 is 2.39 bits per heavy atom. The highest BCUT2D eigenvalue weighted by Crippen LogP contribution is 2.52. The summed E-state index contributed by atoms with van der Waals surface area (Å²) in [6.07, 6.45) is 6.48. The van der Waals surface area contributed by atoms with Crippen molar-refractivity contribution in [3.63, 3.8) is 0 Å². The molecule has 1 amide bonds. The van der Waals surface area contributed by atoms with Gasteiger partial charge in [0.05, 0.1) is 31.3 Å². The molecule has 0 saturated carbocycles. The molecule has 3 fully saturated rings. The molecule has 4 rings (SSSR count). The van der Waals surface area contributed by atoms with E-state index in [0.717, 1.165) is 25.9 Å². The predicted molar refractivity (Wildman–Crippen MR) is 80.5 cm³/mol. The van der Waals surface area contributed by atoms with Crippen LogP contribution in [0.15, 0.2) is 12.2 Å². The number of nitrogens with zero attached hydrogens (tertiary/aromatic N) is 1. The maximum absolute atomic E-state index is 12.9. The third kappa shape index (κ3) is 2.31. The normalized spacial score (nSPS) is 40.9. The van der Waals surface area contributed by atoms with Crippen molar-refractivity contribution in [2.75, 3.05) is 26.3 Å². The van der Waals surface area contributed by atoms with E-state index < -0.39 is 17.4 Å². The van der Waals surface area contributed by atoms with Crippen LogP contribution in [0.1, 0.15) is 26.2 Å². The highest BCUT2D eigenvalue weighted by Gasteiger charge is 2.67. The second kappa shape index (κ2) is 5.60. The third-order valence-electron chi connectivity index (χ3n) is 5.35. The SMILES string of the molecule is CCCOC(=O)[C@H]1[C@H]2C(=O)N(CC3CCCO3)C[C@]23C=C[C@H]1O3. The Kier molecular flexibility index (Phi) is 3.69. The van der Waals surface area contributed by atoms with Crippen LogP contribution >= 0.6 is 0 Å². The van der Waals surface area contributed by atoms with Gasteiger partial charge in [-0.25, -0.2) is 0 Å². The molecule has 0 radical (unpaired) electrons. The van der Waals surface area contributed by atoms with Gasteiger partial charge in [0.1, 0.15) is 11.5 Å². The van der Waals surface area contributed by atoms with Crippen LogP contribution in [0.25, 0.3) is 0 Å². The first-order valence-corrected chi connectivity index (χ1v) is 8.59. The molecule has 5 atom stereocenters. The molecule has 6 heteroatoms. The number of carbonyl (C=O) groups is 2. The zero-order valence-corrected chi connectivity index (χ0v) is 13.4. The Hall–Kier alpha value is -1.40. The summed E-state index contributed by atoms with van der Waals surface area (Å²) in [5.74, 6) is -1.25. The Morgan fingerprint density at radius 3 is 3.13 bits per heavy atom. The smallest absolute Gasteiger partial charge is 0.312 e. The van der Waals surface area contributed by atoms with Crippen LogP contribution in [0.5, 0.6) is 0 Å². The quantitative estimate of drug-likeness (QED) is 0.556. The Labute approximate surface area is 135 Å². The molecule has 4 aliphatic heterocycles. The van der Waals surface area contributed by atoms with Crippen LogP contribution < -0.4 is 0 Å². The van der Waals surface area contributed by atoms with Crippen molar-refractivity contribution in [2.24, 2.45) is 11.8 Å². The standard InChI is InChI=1S/C17H23NO5/c1-2-7-22-16(20)13-12-5-6-17(23-12)10-18(15(19)14(13)17)9-11-4-3-8-21-11/h5-6,11-14H,2-4,7-10H2,1H3/t11?,12-,13-,14+,17-/m1/s1. The molecule has 3 saturated heterocycles. The monoisotopic (exact) mass is 321 g/mol. The minimum Gasteiger partial charge on any atom is -0.465 e. The number of carbonyl (C=O) groups excluding carboxylic acids is 2. The van der Waals surface area contributed by atoms with Gasteiger partial charge in [0, 0.05) is 13.2 Å². The number of fused-ring (bicyclic) bond motifs is 1. The Bertz CT molecular complexity index is 541. The summed E-state index contributed by atoms with van der Waals surface area (Å²) in [6, 6.07) is 0. The number of esters is 1. The van der Waals surface area contributed by atoms with Crippen molar-refractivity contribution in [1.29, 1.82) is 0 Å². The summed E-state index contributed by atoms with van der Waals surface area (Å²) in [5.41, 5.74) is -0.643. The van der Waals surface area contributed by atoms with Gasteiger partial charge in [-0.2, -0.15) is 0 Å². The zero-order valence-electron chi connectivity index (χ0n) is 13.4. The molecule has 126 valence electrons. The van der Waals surface area contributed by atoms with Crippen LogP contribution in [0.2, 0.25) is 0 Å². The maximum Gasteiger partial charge on any atom is 0.312 e. The number of ether oxygens (including phenoxy) is 3. The average molecular weight is 321 g/mol. The Morgan fingerprint density at radius 1 is 1.52 bits per heavy atom. The van der Waals surface area contributed by atoms with Crippen LogP contribution in [-0.4, -0.2) is 60.9 Å². The summed E-state index contributed by atoms with van der Waals surface area (Å²) in [6.45, 7) is 4.22. The number of hydrogen-bond donors (Lipinski definition) is 0. The van der Waals surface area contributed by atoms with E-state index in [4.69, 9.17) is 14.2 Å². The van der Waals surface area contributed by atoms with Crippen molar-refractivity contribution < 1.29 is 23.8 Å². The van der Waals surface area contributed by atoms with Crippen LogP contribution in [-0.2, 0) is 23.8 Å². The maximum atomic E-state index is 12.9. The van der Waals surface area contributed by atoms with Gasteiger partial charge in [0.15, 0.2) is 0 Å². The zero-order chi connectivity index (χ0) is 16.0. The van der Waals surface area contributed by atoms with Crippen LogP contribution in [0.4, 0.5) is 0 Å². The van der Waals surface area contributed by atoms with Crippen LogP contribution in [0, 0.1) is 11.8 Å². The van der Waals surface area contributed by atoms with E-state index in [2.05, 4.69) is 0 Å². The molecule has 0 aromatic rings. The lowest BCUT2D eigenvalue weighted by atomic mass is 9.77. The van der Waals surface area contributed by atoms with Gasteiger partial charge in [-0.15, -0.1) is 0 Å². The lowest BCUT2D eigenvalue weighted by Crippen LogP contribution is -2.40. The van der Waals surface area contributed by atoms with E-state index >= 15 is 0 Å².